The van der Waals surface area contributed by atoms with Gasteiger partial charge in [0.05, 0.1) is 11.4 Å². The van der Waals surface area contributed by atoms with Crippen LogP contribution >= 0.6 is 0 Å². The van der Waals surface area contributed by atoms with E-state index in [9.17, 15) is 27.2 Å². The molecule has 0 spiro atoms. The van der Waals surface area contributed by atoms with Crippen molar-refractivity contribution in [1.82, 2.24) is 24.0 Å². The Hall–Kier alpha value is -3.96. The minimum absolute atomic E-state index is 0.0336. The number of halogens is 4. The van der Waals surface area contributed by atoms with Crippen molar-refractivity contribution >= 4 is 17.2 Å². The first-order chi connectivity index (χ1) is 15.2. The van der Waals surface area contributed by atoms with E-state index >= 15 is 0 Å². The maximum atomic E-state index is 13.3. The van der Waals surface area contributed by atoms with E-state index in [0.717, 1.165) is 6.07 Å². The predicted molar refractivity (Wildman–Crippen MR) is 107 cm³/mol. The van der Waals surface area contributed by atoms with E-state index in [1.54, 1.807) is 49.0 Å². The number of amides is 1. The lowest BCUT2D eigenvalue weighted by Gasteiger charge is -2.07. The van der Waals surface area contributed by atoms with Gasteiger partial charge in [0, 0.05) is 13.1 Å². The molecule has 3 aromatic heterocycles. The number of rotatable bonds is 5. The van der Waals surface area contributed by atoms with Gasteiger partial charge in [0.2, 0.25) is 0 Å². The smallest absolute Gasteiger partial charge is 0.295 e. The Morgan fingerprint density at radius 2 is 1.75 bits per heavy atom. The molecule has 1 N–H and O–H groups in total. The Balaban J connectivity index is 1.74. The molecule has 12 heteroatoms. The Kier molecular flexibility index (Phi) is 5.28. The van der Waals surface area contributed by atoms with Gasteiger partial charge in [-0.05, 0) is 25.1 Å². The van der Waals surface area contributed by atoms with Crippen LogP contribution in [0.1, 0.15) is 40.4 Å². The van der Waals surface area contributed by atoms with E-state index in [2.05, 4.69) is 15.4 Å². The molecule has 0 atom stereocenters. The summed E-state index contributed by atoms with van der Waals surface area (Å²) in [6, 6.07) is 10.3. The monoisotopic (exact) mass is 448 g/mol. The van der Waals surface area contributed by atoms with Crippen molar-refractivity contribution in [3.63, 3.8) is 0 Å². The van der Waals surface area contributed by atoms with E-state index in [-0.39, 0.29) is 17.0 Å². The molecule has 4 aromatic rings. The highest BCUT2D eigenvalue weighted by molar-refractivity contribution is 6.03. The van der Waals surface area contributed by atoms with Crippen LogP contribution in [0, 0.1) is 6.92 Å². The number of anilines is 1. The van der Waals surface area contributed by atoms with Gasteiger partial charge in [0.1, 0.15) is 17.1 Å². The number of alkyl halides is 4. The minimum Gasteiger partial charge on any atom is -0.314 e. The lowest BCUT2D eigenvalue weighted by molar-refractivity contribution is 0.102. The van der Waals surface area contributed by atoms with Gasteiger partial charge < -0.3 is 5.32 Å². The summed E-state index contributed by atoms with van der Waals surface area (Å²) in [5.74, 6) is -0.875. The second kappa shape index (κ2) is 7.94. The van der Waals surface area contributed by atoms with Crippen molar-refractivity contribution in [3.8, 4) is 5.69 Å². The van der Waals surface area contributed by atoms with Crippen molar-refractivity contribution in [1.29, 1.82) is 0 Å². The molecule has 0 aliphatic heterocycles. The SMILES string of the molecule is Cc1c(NC(=O)c2cc3nc(C(F)F)cc(C(F)F)n3n2)c(=O)n(-c2ccccc2)n1C. The largest absolute Gasteiger partial charge is 0.314 e. The number of benzene rings is 1. The Morgan fingerprint density at radius 3 is 2.38 bits per heavy atom. The topological polar surface area (TPSA) is 86.2 Å². The molecule has 0 aliphatic rings. The third kappa shape index (κ3) is 3.53. The zero-order valence-corrected chi connectivity index (χ0v) is 16.8. The van der Waals surface area contributed by atoms with E-state index < -0.39 is 35.7 Å². The molecule has 32 heavy (non-hydrogen) atoms. The van der Waals surface area contributed by atoms with Crippen molar-refractivity contribution in [2.75, 3.05) is 5.32 Å². The molecule has 8 nitrogen and oxygen atoms in total. The third-order valence-corrected chi connectivity index (χ3v) is 4.95. The van der Waals surface area contributed by atoms with E-state index in [1.807, 2.05) is 0 Å². The molecule has 0 bridgehead atoms. The fourth-order valence-electron chi connectivity index (χ4n) is 3.29. The molecule has 0 saturated carbocycles. The highest BCUT2D eigenvalue weighted by Gasteiger charge is 2.24. The molecule has 0 unspecified atom stereocenters. The first kappa shape index (κ1) is 21.3. The van der Waals surface area contributed by atoms with Gasteiger partial charge in [-0.1, -0.05) is 18.2 Å². The van der Waals surface area contributed by atoms with Crippen molar-refractivity contribution in [2.24, 2.45) is 7.05 Å². The molecule has 0 saturated heterocycles. The van der Waals surface area contributed by atoms with Crippen LogP contribution in [0.5, 0.6) is 0 Å². The average molecular weight is 448 g/mol. The lowest BCUT2D eigenvalue weighted by Crippen LogP contribution is -2.23. The summed E-state index contributed by atoms with van der Waals surface area (Å²) in [6.07, 6.45) is -6.20. The number of fused-ring (bicyclic) bond motifs is 1. The molecule has 3 heterocycles. The van der Waals surface area contributed by atoms with Crippen LogP contribution in [-0.2, 0) is 7.05 Å². The molecule has 0 fully saturated rings. The van der Waals surface area contributed by atoms with Crippen LogP contribution in [-0.4, -0.2) is 29.9 Å². The van der Waals surface area contributed by atoms with Crippen molar-refractivity contribution in [2.45, 2.75) is 19.8 Å². The maximum Gasteiger partial charge on any atom is 0.295 e. The number of nitrogens with zero attached hydrogens (tertiary/aromatic N) is 5. The minimum atomic E-state index is -3.12. The summed E-state index contributed by atoms with van der Waals surface area (Å²) in [6.45, 7) is 1.62. The number of hydrogen-bond donors (Lipinski definition) is 1. The van der Waals surface area contributed by atoms with E-state index in [0.29, 0.717) is 22.0 Å². The summed E-state index contributed by atoms with van der Waals surface area (Å²) in [5.41, 5.74) is -1.93. The summed E-state index contributed by atoms with van der Waals surface area (Å²) in [4.78, 5) is 29.2. The van der Waals surface area contributed by atoms with Gasteiger partial charge in [-0.3, -0.25) is 14.3 Å². The van der Waals surface area contributed by atoms with Crippen LogP contribution in [0.3, 0.4) is 0 Å². The van der Waals surface area contributed by atoms with Gasteiger partial charge in [-0.15, -0.1) is 0 Å². The number of hydrogen-bond acceptors (Lipinski definition) is 4. The molecular formula is C20H16F4N6O2. The fraction of sp³-hybridized carbons (Fsp3) is 0.200. The number of carbonyl (C=O) groups excluding carboxylic acids is 1. The quantitative estimate of drug-likeness (QED) is 0.472. The maximum absolute atomic E-state index is 13.3. The van der Waals surface area contributed by atoms with Gasteiger partial charge in [-0.2, -0.15) is 5.10 Å². The third-order valence-electron chi connectivity index (χ3n) is 4.95. The number of carbonyl (C=O) groups is 1. The Morgan fingerprint density at radius 1 is 1.06 bits per heavy atom. The molecule has 1 aromatic carbocycles. The number of para-hydroxylation sites is 1. The highest BCUT2D eigenvalue weighted by Crippen LogP contribution is 2.25. The second-order valence-electron chi connectivity index (χ2n) is 6.90. The van der Waals surface area contributed by atoms with Gasteiger partial charge in [0.15, 0.2) is 11.3 Å². The first-order valence-corrected chi connectivity index (χ1v) is 9.31. The zero-order valence-electron chi connectivity index (χ0n) is 16.8. The summed E-state index contributed by atoms with van der Waals surface area (Å²) in [7, 11) is 1.63. The van der Waals surface area contributed by atoms with Gasteiger partial charge >= 0.3 is 0 Å². The van der Waals surface area contributed by atoms with E-state index in [4.69, 9.17) is 0 Å². The van der Waals surface area contributed by atoms with Crippen LogP contribution in [0.25, 0.3) is 11.3 Å². The molecule has 166 valence electrons. The standard InChI is InChI=1S/C20H16F4N6O2/c1-10-16(20(32)30(28(10)2)11-6-4-3-5-7-11)26-19(31)13-9-15-25-12(17(21)22)8-14(18(23)24)29(15)27-13/h3-9,17-18H,1-2H3,(H,26,31). The average Bonchev–Trinajstić information content (AvgIpc) is 3.28. The van der Waals surface area contributed by atoms with E-state index in [1.165, 1.54) is 4.68 Å². The summed E-state index contributed by atoms with van der Waals surface area (Å²) in [5, 5.41) is 6.22. The van der Waals surface area contributed by atoms with Crippen LogP contribution in [0.15, 0.2) is 47.3 Å². The van der Waals surface area contributed by atoms with Gasteiger partial charge in [0.25, 0.3) is 24.3 Å². The second-order valence-corrected chi connectivity index (χ2v) is 6.90. The molecular weight excluding hydrogens is 432 g/mol. The lowest BCUT2D eigenvalue weighted by atomic mass is 10.3. The van der Waals surface area contributed by atoms with Crippen LogP contribution < -0.4 is 10.9 Å². The normalized spacial score (nSPS) is 11.6. The van der Waals surface area contributed by atoms with Crippen LogP contribution in [0.4, 0.5) is 23.2 Å². The highest BCUT2D eigenvalue weighted by atomic mass is 19.3. The van der Waals surface area contributed by atoms with Gasteiger partial charge in [-0.25, -0.2) is 31.7 Å². The Bertz CT molecular complexity index is 1370. The Labute approximate surface area is 177 Å². The summed E-state index contributed by atoms with van der Waals surface area (Å²) >= 11 is 0. The predicted octanol–water partition coefficient (Wildman–Crippen LogP) is 3.65. The first-order valence-electron chi connectivity index (χ1n) is 9.31. The van der Waals surface area contributed by atoms with Crippen molar-refractivity contribution < 1.29 is 22.4 Å². The fourth-order valence-corrected chi connectivity index (χ4v) is 3.29. The number of nitrogens with one attached hydrogen (secondary N) is 1. The molecule has 4 rings (SSSR count). The molecule has 1 amide bonds. The zero-order chi connectivity index (χ0) is 23.2. The number of aromatic nitrogens is 5. The van der Waals surface area contributed by atoms with Crippen LogP contribution in [0.2, 0.25) is 0 Å². The molecule has 0 aliphatic carbocycles. The van der Waals surface area contributed by atoms with Crippen molar-refractivity contribution in [3.05, 3.63) is 75.6 Å². The molecule has 0 radical (unpaired) electrons. The summed E-state index contributed by atoms with van der Waals surface area (Å²) < 4.78 is 56.2.